The topological polar surface area (TPSA) is 122 Å². The maximum Gasteiger partial charge on any atom is 2.00 e. The normalized spacial score (nSPS) is 9.38. The van der Waals surface area contributed by atoms with Crippen LogP contribution < -0.4 is 0 Å². The van der Waals surface area contributed by atoms with Gasteiger partial charge >= 0.3 is 19.5 Å². The molecule has 0 saturated heterocycles. The summed E-state index contributed by atoms with van der Waals surface area (Å²) in [6.45, 7) is 0. The molecule has 8 nitrogen and oxygen atoms in total. The Bertz CT molecular complexity index is 1090. The van der Waals surface area contributed by atoms with E-state index in [1.165, 1.54) is 0 Å². The summed E-state index contributed by atoms with van der Waals surface area (Å²) < 4.78 is 0. The van der Waals surface area contributed by atoms with Gasteiger partial charge < -0.3 is 5.48 Å². The molecule has 0 aliphatic carbocycles. The summed E-state index contributed by atoms with van der Waals surface area (Å²) >= 11 is 0. The summed E-state index contributed by atoms with van der Waals surface area (Å²) in [4.78, 5) is 29.2. The molecular formula is C23H19N7ORu+2. The van der Waals surface area contributed by atoms with Crippen LogP contribution in [0.5, 0.6) is 0 Å². The standard InChI is InChI=1S/C15H11N3.C8H6N4.H2O.Ru/c1-3-10-16-12(6-1)14-8-5-9-15(18-14)13-7-2-4-11-17-13;1-3-9-7(10-4-1)8-11-5-2-6-12-8;;/h1-11H;1-6H;1H2;/q;;;+2. The van der Waals surface area contributed by atoms with Crippen molar-refractivity contribution < 1.29 is 25.0 Å². The summed E-state index contributed by atoms with van der Waals surface area (Å²) in [6, 6.07) is 21.0. The molecule has 32 heavy (non-hydrogen) atoms. The maximum atomic E-state index is 4.59. The first kappa shape index (κ1) is 24.5. The molecule has 0 amide bonds. The Morgan fingerprint density at radius 3 is 1.12 bits per heavy atom. The van der Waals surface area contributed by atoms with Crippen molar-refractivity contribution in [2.45, 2.75) is 0 Å². The number of rotatable bonds is 3. The van der Waals surface area contributed by atoms with Crippen molar-refractivity contribution in [3.63, 3.8) is 0 Å². The van der Waals surface area contributed by atoms with Gasteiger partial charge in [0.25, 0.3) is 0 Å². The number of nitrogens with zero attached hydrogens (tertiary/aromatic N) is 7. The molecule has 0 aromatic carbocycles. The van der Waals surface area contributed by atoms with Crippen LogP contribution in [-0.2, 0) is 19.5 Å². The largest absolute Gasteiger partial charge is 2.00 e. The molecule has 2 N–H and O–H groups in total. The van der Waals surface area contributed by atoms with E-state index in [1.807, 2.05) is 54.6 Å². The third-order valence-electron chi connectivity index (χ3n) is 3.94. The van der Waals surface area contributed by atoms with E-state index in [4.69, 9.17) is 0 Å². The molecule has 0 radical (unpaired) electrons. The van der Waals surface area contributed by atoms with Crippen molar-refractivity contribution in [1.29, 1.82) is 0 Å². The molecule has 0 fully saturated rings. The Labute approximate surface area is 198 Å². The fourth-order valence-corrected chi connectivity index (χ4v) is 2.58. The van der Waals surface area contributed by atoms with E-state index >= 15 is 0 Å². The van der Waals surface area contributed by atoms with Gasteiger partial charge in [-0.3, -0.25) is 9.97 Å². The second-order valence-corrected chi connectivity index (χ2v) is 5.98. The first-order valence-corrected chi connectivity index (χ1v) is 9.24. The van der Waals surface area contributed by atoms with Crippen LogP contribution in [0.25, 0.3) is 34.4 Å². The number of hydrogen-bond acceptors (Lipinski definition) is 7. The monoisotopic (exact) mass is 511 g/mol. The van der Waals surface area contributed by atoms with Crippen molar-refractivity contribution in [2.75, 3.05) is 0 Å². The van der Waals surface area contributed by atoms with Gasteiger partial charge in [0.05, 0.1) is 22.8 Å². The van der Waals surface area contributed by atoms with Crippen LogP contribution in [0.3, 0.4) is 0 Å². The SMILES string of the molecule is O.[Ru+2].c1ccc(-c2cccc(-c3ccccn3)n2)nc1.c1cnc(-c2ncccn2)nc1. The average molecular weight is 511 g/mol. The van der Waals surface area contributed by atoms with E-state index in [1.54, 1.807) is 49.3 Å². The van der Waals surface area contributed by atoms with Crippen LogP contribution in [0.4, 0.5) is 0 Å². The van der Waals surface area contributed by atoms with Crippen molar-refractivity contribution in [1.82, 2.24) is 34.9 Å². The zero-order valence-corrected chi connectivity index (χ0v) is 18.5. The van der Waals surface area contributed by atoms with E-state index in [0.717, 1.165) is 22.8 Å². The van der Waals surface area contributed by atoms with Crippen LogP contribution in [0.2, 0.25) is 0 Å². The van der Waals surface area contributed by atoms with Gasteiger partial charge in [-0.25, -0.2) is 24.9 Å². The number of hydrogen-bond donors (Lipinski definition) is 0. The molecule has 5 aromatic rings. The molecule has 0 aliphatic heterocycles. The van der Waals surface area contributed by atoms with E-state index in [0.29, 0.717) is 11.6 Å². The second kappa shape index (κ2) is 12.8. The molecule has 5 rings (SSSR count). The van der Waals surface area contributed by atoms with Crippen molar-refractivity contribution in [3.8, 4) is 34.4 Å². The predicted molar refractivity (Wildman–Crippen MR) is 117 cm³/mol. The molecule has 158 valence electrons. The molecular weight excluding hydrogens is 491 g/mol. The molecule has 0 spiro atoms. The van der Waals surface area contributed by atoms with Gasteiger partial charge in [-0.05, 0) is 48.5 Å². The number of aromatic nitrogens is 7. The summed E-state index contributed by atoms with van der Waals surface area (Å²) in [6.07, 6.45) is 10.2. The molecule has 9 heteroatoms. The Morgan fingerprint density at radius 1 is 0.375 bits per heavy atom. The molecule has 0 aliphatic rings. The predicted octanol–water partition coefficient (Wildman–Crippen LogP) is 3.31. The average Bonchev–Trinajstić information content (AvgIpc) is 2.87. The van der Waals surface area contributed by atoms with Gasteiger partial charge in [0, 0.05) is 37.2 Å². The first-order valence-electron chi connectivity index (χ1n) is 9.24. The van der Waals surface area contributed by atoms with Crippen molar-refractivity contribution >= 4 is 0 Å². The fraction of sp³-hybridized carbons (Fsp3) is 0. The first-order chi connectivity index (χ1) is 14.9. The zero-order valence-electron chi connectivity index (χ0n) is 16.8. The third kappa shape index (κ3) is 6.60. The van der Waals surface area contributed by atoms with Crippen LogP contribution >= 0.6 is 0 Å². The van der Waals surface area contributed by atoms with Crippen LogP contribution in [-0.4, -0.2) is 40.4 Å². The molecule has 0 atom stereocenters. The third-order valence-corrected chi connectivity index (χ3v) is 3.94. The summed E-state index contributed by atoms with van der Waals surface area (Å²) in [7, 11) is 0. The quantitative estimate of drug-likeness (QED) is 0.341. The molecule has 0 bridgehead atoms. The molecule has 5 heterocycles. The van der Waals surface area contributed by atoms with Gasteiger partial charge in [-0.15, -0.1) is 0 Å². The van der Waals surface area contributed by atoms with Crippen LogP contribution in [0.1, 0.15) is 0 Å². The van der Waals surface area contributed by atoms with Gasteiger partial charge in [-0.1, -0.05) is 18.2 Å². The Balaban J connectivity index is 0.000000229. The minimum absolute atomic E-state index is 0. The smallest absolute Gasteiger partial charge is 0.412 e. The van der Waals surface area contributed by atoms with E-state index < -0.39 is 0 Å². The molecule has 0 unspecified atom stereocenters. The van der Waals surface area contributed by atoms with Gasteiger partial charge in [0.1, 0.15) is 0 Å². The van der Waals surface area contributed by atoms with E-state index in [2.05, 4.69) is 34.9 Å². The van der Waals surface area contributed by atoms with E-state index in [9.17, 15) is 0 Å². The molecule has 5 aromatic heterocycles. The van der Waals surface area contributed by atoms with Gasteiger partial charge in [0.15, 0.2) is 11.6 Å². The fourth-order valence-electron chi connectivity index (χ4n) is 2.58. The Morgan fingerprint density at radius 2 is 0.750 bits per heavy atom. The summed E-state index contributed by atoms with van der Waals surface area (Å²) in [5.41, 5.74) is 3.46. The zero-order chi connectivity index (χ0) is 20.4. The Kier molecular flexibility index (Phi) is 9.78. The van der Waals surface area contributed by atoms with Gasteiger partial charge in [-0.2, -0.15) is 0 Å². The van der Waals surface area contributed by atoms with Crippen LogP contribution in [0, 0.1) is 0 Å². The van der Waals surface area contributed by atoms with Crippen LogP contribution in [0.15, 0.2) is 104 Å². The Hall–Kier alpha value is -3.81. The van der Waals surface area contributed by atoms with Crippen molar-refractivity contribution in [3.05, 3.63) is 104 Å². The maximum absolute atomic E-state index is 4.59. The second-order valence-electron chi connectivity index (χ2n) is 5.98. The van der Waals surface area contributed by atoms with Gasteiger partial charge in [0.2, 0.25) is 0 Å². The van der Waals surface area contributed by atoms with E-state index in [-0.39, 0.29) is 25.0 Å². The molecule has 0 saturated carbocycles. The van der Waals surface area contributed by atoms with Crippen molar-refractivity contribution in [2.24, 2.45) is 0 Å². The minimum Gasteiger partial charge on any atom is -0.412 e. The minimum atomic E-state index is 0. The number of pyridine rings is 3. The summed E-state index contributed by atoms with van der Waals surface area (Å²) in [5.74, 6) is 1.11. The summed E-state index contributed by atoms with van der Waals surface area (Å²) in [5, 5.41) is 0.